The third-order valence-electron chi connectivity index (χ3n) is 3.49. The molecule has 0 saturated heterocycles. The number of oxime groups is 1. The number of carboxylic acid groups (broad SMARTS) is 1. The van der Waals surface area contributed by atoms with Crippen molar-refractivity contribution in [2.45, 2.75) is 20.3 Å². The minimum atomic E-state index is -1.06. The maximum Gasteiger partial charge on any atom is 0.344 e. The van der Waals surface area contributed by atoms with Crippen molar-refractivity contribution in [3.63, 3.8) is 0 Å². The number of hydrogen-bond donors (Lipinski definition) is 1. The van der Waals surface area contributed by atoms with E-state index in [-0.39, 0.29) is 0 Å². The first kappa shape index (κ1) is 20.1. The van der Waals surface area contributed by atoms with E-state index >= 15 is 0 Å². The molecule has 0 unspecified atom stereocenters. The number of carbonyl (C=O) groups is 1. The van der Waals surface area contributed by atoms with Crippen molar-refractivity contribution < 1.29 is 19.5 Å². The highest BCUT2D eigenvalue weighted by Crippen LogP contribution is 2.14. The summed E-state index contributed by atoms with van der Waals surface area (Å²) >= 11 is 0. The zero-order valence-corrected chi connectivity index (χ0v) is 15.5. The Kier molecular flexibility index (Phi) is 7.92. The lowest BCUT2D eigenvalue weighted by molar-refractivity contribution is -0.142. The summed E-state index contributed by atoms with van der Waals surface area (Å²) < 4.78 is 5.64. The van der Waals surface area contributed by atoms with Gasteiger partial charge in [-0.2, -0.15) is 0 Å². The fourth-order valence-corrected chi connectivity index (χ4v) is 2.29. The molecule has 2 aromatic carbocycles. The highest BCUT2D eigenvalue weighted by atomic mass is 16.6. The maximum atomic E-state index is 10.3. The minimum absolute atomic E-state index is 0.315. The fourth-order valence-electron chi connectivity index (χ4n) is 2.29. The topological polar surface area (TPSA) is 68.1 Å². The SMILES string of the molecule is CC(C)Cc1ccc(OCC#Cc2ccc(/C=N/OCC(=O)O)cc2)cc1. The van der Waals surface area contributed by atoms with Gasteiger partial charge in [0.25, 0.3) is 0 Å². The second-order valence-corrected chi connectivity index (χ2v) is 6.36. The van der Waals surface area contributed by atoms with Gasteiger partial charge < -0.3 is 14.7 Å². The first-order valence-corrected chi connectivity index (χ1v) is 8.70. The standard InChI is InChI=1S/C22H23NO4/c1-17(2)14-19-9-11-21(12-10-19)26-13-3-4-18-5-7-20(8-6-18)15-23-27-16-22(24)25/h5-12,15,17H,13-14,16H2,1-2H3,(H,24,25)/b23-15+. The van der Waals surface area contributed by atoms with Crippen molar-refractivity contribution >= 4 is 12.2 Å². The Labute approximate surface area is 159 Å². The average molecular weight is 365 g/mol. The zero-order valence-electron chi connectivity index (χ0n) is 15.5. The van der Waals surface area contributed by atoms with Crippen molar-refractivity contribution in [1.82, 2.24) is 0 Å². The molecular formula is C22H23NO4. The molecule has 1 N–H and O–H groups in total. The van der Waals surface area contributed by atoms with Gasteiger partial charge in [-0.25, -0.2) is 4.79 Å². The number of ether oxygens (including phenoxy) is 1. The van der Waals surface area contributed by atoms with Gasteiger partial charge in [0.15, 0.2) is 0 Å². The van der Waals surface area contributed by atoms with Crippen LogP contribution in [0.15, 0.2) is 53.7 Å². The van der Waals surface area contributed by atoms with E-state index in [1.165, 1.54) is 11.8 Å². The smallest absolute Gasteiger partial charge is 0.344 e. The van der Waals surface area contributed by atoms with E-state index in [9.17, 15) is 4.79 Å². The van der Waals surface area contributed by atoms with E-state index in [2.05, 4.69) is 47.8 Å². The molecule has 2 rings (SSSR count). The van der Waals surface area contributed by atoms with Gasteiger partial charge >= 0.3 is 5.97 Å². The van der Waals surface area contributed by atoms with Gasteiger partial charge in [-0.3, -0.25) is 0 Å². The number of benzene rings is 2. The minimum Gasteiger partial charge on any atom is -0.481 e. The molecule has 0 aliphatic carbocycles. The summed E-state index contributed by atoms with van der Waals surface area (Å²) in [5.41, 5.74) is 2.96. The molecule has 0 aliphatic rings. The van der Waals surface area contributed by atoms with E-state index in [0.29, 0.717) is 12.5 Å². The summed E-state index contributed by atoms with van der Waals surface area (Å²) in [6, 6.07) is 15.5. The van der Waals surface area contributed by atoms with Crippen molar-refractivity contribution in [3.05, 3.63) is 65.2 Å². The molecule has 0 fully saturated rings. The largest absolute Gasteiger partial charge is 0.481 e. The van der Waals surface area contributed by atoms with E-state index in [1.807, 2.05) is 36.4 Å². The highest BCUT2D eigenvalue weighted by Gasteiger charge is 1.98. The van der Waals surface area contributed by atoms with Gasteiger partial charge in [0.1, 0.15) is 12.4 Å². The molecule has 2 aromatic rings. The molecule has 0 radical (unpaired) electrons. The quantitative estimate of drug-likeness (QED) is 0.439. The molecule has 27 heavy (non-hydrogen) atoms. The summed E-state index contributed by atoms with van der Waals surface area (Å²) in [6.07, 6.45) is 2.51. The van der Waals surface area contributed by atoms with Crippen LogP contribution in [0.2, 0.25) is 0 Å². The Bertz CT molecular complexity index is 812. The summed E-state index contributed by atoms with van der Waals surface area (Å²) in [6.45, 7) is 4.26. The third-order valence-corrected chi connectivity index (χ3v) is 3.49. The molecule has 0 bridgehead atoms. The van der Waals surface area contributed by atoms with E-state index < -0.39 is 12.6 Å². The van der Waals surface area contributed by atoms with Crippen LogP contribution in [-0.4, -0.2) is 30.5 Å². The Morgan fingerprint density at radius 1 is 1.15 bits per heavy atom. The number of hydrogen-bond acceptors (Lipinski definition) is 4. The first-order chi connectivity index (χ1) is 13.0. The maximum absolute atomic E-state index is 10.3. The average Bonchev–Trinajstić information content (AvgIpc) is 2.64. The summed E-state index contributed by atoms with van der Waals surface area (Å²) in [5, 5.41) is 12.0. The van der Waals surface area contributed by atoms with Crippen molar-refractivity contribution in [2.24, 2.45) is 11.1 Å². The van der Waals surface area contributed by atoms with Crippen molar-refractivity contribution in [3.8, 4) is 17.6 Å². The molecule has 0 atom stereocenters. The van der Waals surface area contributed by atoms with Gasteiger partial charge in [-0.1, -0.05) is 55.1 Å². The lowest BCUT2D eigenvalue weighted by Gasteiger charge is -2.06. The summed E-state index contributed by atoms with van der Waals surface area (Å²) in [4.78, 5) is 14.9. The molecule has 140 valence electrons. The Hall–Kier alpha value is -3.26. The number of aliphatic carboxylic acids is 1. The highest BCUT2D eigenvalue weighted by molar-refractivity contribution is 5.79. The molecule has 5 heteroatoms. The van der Waals surface area contributed by atoms with Gasteiger partial charge in [0, 0.05) is 5.56 Å². The van der Waals surface area contributed by atoms with Crippen LogP contribution in [0.5, 0.6) is 5.75 Å². The van der Waals surface area contributed by atoms with Crippen LogP contribution < -0.4 is 4.74 Å². The Balaban J connectivity index is 1.79. The van der Waals surface area contributed by atoms with Gasteiger partial charge in [0.2, 0.25) is 6.61 Å². The lowest BCUT2D eigenvalue weighted by Crippen LogP contribution is -2.03. The first-order valence-electron chi connectivity index (χ1n) is 8.70. The van der Waals surface area contributed by atoms with Crippen LogP contribution in [0.4, 0.5) is 0 Å². The third kappa shape index (κ3) is 8.10. The van der Waals surface area contributed by atoms with Crippen LogP contribution in [0, 0.1) is 17.8 Å². The van der Waals surface area contributed by atoms with Crippen molar-refractivity contribution in [1.29, 1.82) is 0 Å². The van der Waals surface area contributed by atoms with Gasteiger partial charge in [0.05, 0.1) is 6.21 Å². The number of carboxylic acids is 1. The Morgan fingerprint density at radius 2 is 1.85 bits per heavy atom. The van der Waals surface area contributed by atoms with Crippen LogP contribution in [-0.2, 0) is 16.1 Å². The fraction of sp³-hybridized carbons (Fsp3) is 0.273. The molecule has 0 spiro atoms. The molecular weight excluding hydrogens is 342 g/mol. The van der Waals surface area contributed by atoms with E-state index in [0.717, 1.165) is 23.3 Å². The zero-order chi connectivity index (χ0) is 19.5. The van der Waals surface area contributed by atoms with Gasteiger partial charge in [-0.05, 0) is 47.7 Å². The molecule has 0 aromatic heterocycles. The molecule has 0 heterocycles. The summed E-state index contributed by atoms with van der Waals surface area (Å²) in [7, 11) is 0. The predicted molar refractivity (Wildman–Crippen MR) is 105 cm³/mol. The molecule has 0 saturated carbocycles. The van der Waals surface area contributed by atoms with Crippen LogP contribution >= 0.6 is 0 Å². The summed E-state index contributed by atoms with van der Waals surface area (Å²) in [5.74, 6) is 6.40. The number of nitrogens with zero attached hydrogens (tertiary/aromatic N) is 1. The van der Waals surface area contributed by atoms with E-state index in [1.54, 1.807) is 0 Å². The monoisotopic (exact) mass is 365 g/mol. The van der Waals surface area contributed by atoms with E-state index in [4.69, 9.17) is 9.84 Å². The second kappa shape index (κ2) is 10.7. The second-order valence-electron chi connectivity index (χ2n) is 6.36. The predicted octanol–water partition coefficient (Wildman–Crippen LogP) is 3.75. The molecule has 0 aliphatic heterocycles. The van der Waals surface area contributed by atoms with Crippen molar-refractivity contribution in [2.75, 3.05) is 13.2 Å². The van der Waals surface area contributed by atoms with Crippen LogP contribution in [0.3, 0.4) is 0 Å². The Morgan fingerprint density at radius 3 is 2.48 bits per heavy atom. The van der Waals surface area contributed by atoms with Crippen LogP contribution in [0.25, 0.3) is 0 Å². The lowest BCUT2D eigenvalue weighted by atomic mass is 10.0. The van der Waals surface area contributed by atoms with Crippen LogP contribution in [0.1, 0.15) is 30.5 Å². The normalized spacial score (nSPS) is 10.5. The number of rotatable bonds is 8. The van der Waals surface area contributed by atoms with Gasteiger partial charge in [-0.15, -0.1) is 0 Å². The molecule has 5 nitrogen and oxygen atoms in total. The molecule has 0 amide bonds.